The van der Waals surface area contributed by atoms with Crippen LogP contribution in [0.5, 0.6) is 0 Å². The smallest absolute Gasteiger partial charge is 0.253 e. The number of hydrogen-bond acceptors (Lipinski definition) is 5. The average Bonchev–Trinajstić information content (AvgIpc) is 2.62. The van der Waals surface area contributed by atoms with Gasteiger partial charge in [-0.1, -0.05) is 0 Å². The molecule has 1 atom stereocenters. The zero-order valence-electron chi connectivity index (χ0n) is 15.5. The Bertz CT molecular complexity index is 785. The number of morpholine rings is 1. The molecule has 1 aliphatic rings. The number of carbonyl (C=O) groups excluding carboxylic acids is 3. The maximum atomic E-state index is 14.4. The first kappa shape index (κ1) is 23.5. The van der Waals surface area contributed by atoms with Crippen LogP contribution in [0.3, 0.4) is 0 Å². The molecular weight excluding hydrogens is 419 g/mol. The van der Waals surface area contributed by atoms with Crippen LogP contribution in [0.2, 0.25) is 0 Å². The lowest BCUT2D eigenvalue weighted by molar-refractivity contribution is -0.134. The minimum Gasteiger partial charge on any atom is -0.370 e. The van der Waals surface area contributed by atoms with Crippen molar-refractivity contribution in [1.82, 2.24) is 4.90 Å². The Labute approximate surface area is 167 Å². The molecule has 0 unspecified atom stereocenters. The lowest BCUT2D eigenvalue weighted by Crippen LogP contribution is -2.54. The van der Waals surface area contributed by atoms with Gasteiger partial charge in [-0.15, -0.1) is 0 Å². The SMILES string of the molecule is NC(=O)[C@H](C(=O)Nc1ccc(N2CCOCC2=O)cc1F)N(CC(F)F)CC(F)F. The minimum absolute atomic E-state index is 0.176. The number of primary amides is 1. The molecule has 1 aromatic carbocycles. The van der Waals surface area contributed by atoms with Crippen molar-refractivity contribution >= 4 is 29.1 Å². The van der Waals surface area contributed by atoms with Crippen LogP contribution in [0.25, 0.3) is 0 Å². The molecule has 1 aromatic rings. The number of rotatable bonds is 9. The highest BCUT2D eigenvalue weighted by atomic mass is 19.3. The van der Waals surface area contributed by atoms with Crippen molar-refractivity contribution in [3.63, 3.8) is 0 Å². The average molecular weight is 438 g/mol. The topological polar surface area (TPSA) is 105 Å². The molecule has 0 bridgehead atoms. The van der Waals surface area contributed by atoms with Gasteiger partial charge in [0.15, 0.2) is 6.04 Å². The van der Waals surface area contributed by atoms with Gasteiger partial charge in [-0.05, 0) is 18.2 Å². The van der Waals surface area contributed by atoms with E-state index in [1.165, 1.54) is 11.0 Å². The van der Waals surface area contributed by atoms with E-state index >= 15 is 0 Å². The lowest BCUT2D eigenvalue weighted by Gasteiger charge is -2.28. The molecule has 1 aliphatic heterocycles. The molecule has 0 aromatic heterocycles. The van der Waals surface area contributed by atoms with Gasteiger partial charge in [-0.3, -0.25) is 19.3 Å². The van der Waals surface area contributed by atoms with Gasteiger partial charge in [0.25, 0.3) is 24.7 Å². The largest absolute Gasteiger partial charge is 0.370 e. The highest BCUT2D eigenvalue weighted by molar-refractivity contribution is 6.09. The highest BCUT2D eigenvalue weighted by Crippen LogP contribution is 2.24. The van der Waals surface area contributed by atoms with E-state index in [0.717, 1.165) is 12.1 Å². The standard InChI is InChI=1S/C17H19F5N4O4/c18-10-5-9(26-3-4-30-8-14(26)27)1-2-11(10)24-17(29)15(16(23)28)25(6-12(19)20)7-13(21)22/h1-2,5,12-13,15H,3-4,6-8H2,(H2,23,28)(H,24,29)/t15-/m1/s1. The normalized spacial score (nSPS) is 15.7. The summed E-state index contributed by atoms with van der Waals surface area (Å²) in [5.41, 5.74) is 4.77. The van der Waals surface area contributed by atoms with E-state index in [4.69, 9.17) is 10.5 Å². The summed E-state index contributed by atoms with van der Waals surface area (Å²) in [5, 5.41) is 1.99. The second-order valence-corrected chi connectivity index (χ2v) is 6.29. The van der Waals surface area contributed by atoms with Crippen molar-refractivity contribution in [3.8, 4) is 0 Å². The Morgan fingerprint density at radius 2 is 1.83 bits per heavy atom. The summed E-state index contributed by atoms with van der Waals surface area (Å²) in [4.78, 5) is 37.3. The van der Waals surface area contributed by atoms with Crippen LogP contribution in [-0.2, 0) is 19.1 Å². The van der Waals surface area contributed by atoms with Crippen molar-refractivity contribution < 1.29 is 41.1 Å². The molecule has 1 saturated heterocycles. The number of nitrogens with two attached hydrogens (primary N) is 1. The van der Waals surface area contributed by atoms with Crippen molar-refractivity contribution in [2.75, 3.05) is 43.1 Å². The van der Waals surface area contributed by atoms with E-state index in [-0.39, 0.29) is 30.3 Å². The summed E-state index contributed by atoms with van der Waals surface area (Å²) >= 11 is 0. The monoisotopic (exact) mass is 438 g/mol. The first-order valence-electron chi connectivity index (χ1n) is 8.68. The third-order valence-corrected chi connectivity index (χ3v) is 4.14. The number of nitrogens with one attached hydrogen (secondary N) is 1. The summed E-state index contributed by atoms with van der Waals surface area (Å²) in [6, 6.07) is 1.15. The molecule has 0 aliphatic carbocycles. The summed E-state index contributed by atoms with van der Waals surface area (Å²) in [6.07, 6.45) is -6.25. The number of halogens is 5. The van der Waals surface area contributed by atoms with Crippen LogP contribution < -0.4 is 16.0 Å². The molecule has 2 rings (SSSR count). The molecule has 3 amide bonds. The molecule has 166 valence electrons. The van der Waals surface area contributed by atoms with E-state index in [1.54, 1.807) is 0 Å². The van der Waals surface area contributed by atoms with Gasteiger partial charge >= 0.3 is 0 Å². The zero-order chi connectivity index (χ0) is 22.4. The van der Waals surface area contributed by atoms with Gasteiger partial charge < -0.3 is 20.7 Å². The first-order valence-corrected chi connectivity index (χ1v) is 8.68. The maximum Gasteiger partial charge on any atom is 0.253 e. The summed E-state index contributed by atoms with van der Waals surface area (Å²) in [7, 11) is 0. The Morgan fingerprint density at radius 3 is 2.33 bits per heavy atom. The van der Waals surface area contributed by atoms with E-state index in [2.05, 4.69) is 0 Å². The van der Waals surface area contributed by atoms with Crippen LogP contribution in [0.4, 0.5) is 33.3 Å². The van der Waals surface area contributed by atoms with Gasteiger partial charge in [0.1, 0.15) is 12.4 Å². The van der Waals surface area contributed by atoms with Crippen LogP contribution >= 0.6 is 0 Å². The number of ether oxygens (including phenoxy) is 1. The third kappa shape index (κ3) is 6.10. The quantitative estimate of drug-likeness (QED) is 0.439. The minimum atomic E-state index is -3.12. The molecule has 8 nitrogen and oxygen atoms in total. The molecule has 0 radical (unpaired) electrons. The van der Waals surface area contributed by atoms with Crippen molar-refractivity contribution in [3.05, 3.63) is 24.0 Å². The van der Waals surface area contributed by atoms with Gasteiger partial charge in [0, 0.05) is 12.2 Å². The molecule has 3 N–H and O–H groups in total. The number of anilines is 2. The second-order valence-electron chi connectivity index (χ2n) is 6.29. The molecular formula is C17H19F5N4O4. The summed E-state index contributed by atoms with van der Waals surface area (Å²) < 4.78 is 70.2. The Balaban J connectivity index is 2.20. The zero-order valence-corrected chi connectivity index (χ0v) is 15.5. The highest BCUT2D eigenvalue weighted by Gasteiger charge is 2.35. The van der Waals surface area contributed by atoms with Crippen LogP contribution in [0, 0.1) is 5.82 Å². The van der Waals surface area contributed by atoms with Gasteiger partial charge in [0.05, 0.1) is 25.4 Å². The maximum absolute atomic E-state index is 14.4. The predicted octanol–water partition coefficient (Wildman–Crippen LogP) is 0.813. The van der Waals surface area contributed by atoms with Crippen molar-refractivity contribution in [2.45, 2.75) is 18.9 Å². The van der Waals surface area contributed by atoms with Crippen molar-refractivity contribution in [2.24, 2.45) is 5.73 Å². The van der Waals surface area contributed by atoms with E-state index in [1.807, 2.05) is 5.32 Å². The Kier molecular flexibility index (Phi) is 8.06. The molecule has 30 heavy (non-hydrogen) atoms. The van der Waals surface area contributed by atoms with E-state index in [9.17, 15) is 36.3 Å². The van der Waals surface area contributed by atoms with E-state index < -0.39 is 61.2 Å². The second kappa shape index (κ2) is 10.3. The molecule has 13 heteroatoms. The number of nitrogens with zero attached hydrogens (tertiary/aromatic N) is 2. The fourth-order valence-electron chi connectivity index (χ4n) is 2.88. The number of hydrogen-bond donors (Lipinski definition) is 2. The molecule has 0 saturated carbocycles. The Morgan fingerprint density at radius 1 is 1.20 bits per heavy atom. The van der Waals surface area contributed by atoms with Crippen LogP contribution in [0.15, 0.2) is 18.2 Å². The van der Waals surface area contributed by atoms with Crippen LogP contribution in [0.1, 0.15) is 0 Å². The van der Waals surface area contributed by atoms with Crippen LogP contribution in [-0.4, -0.2) is 74.4 Å². The first-order chi connectivity index (χ1) is 14.1. The fraction of sp³-hybridized carbons (Fsp3) is 0.471. The summed E-state index contributed by atoms with van der Waals surface area (Å²) in [6.45, 7) is -2.37. The number of alkyl halides is 4. The predicted molar refractivity (Wildman–Crippen MR) is 94.8 cm³/mol. The fourth-order valence-corrected chi connectivity index (χ4v) is 2.88. The van der Waals surface area contributed by atoms with Gasteiger partial charge in [-0.2, -0.15) is 0 Å². The third-order valence-electron chi connectivity index (χ3n) is 4.14. The molecule has 1 fully saturated rings. The number of benzene rings is 1. The van der Waals surface area contributed by atoms with Crippen molar-refractivity contribution in [1.29, 1.82) is 0 Å². The van der Waals surface area contributed by atoms with Gasteiger partial charge in [0.2, 0.25) is 5.91 Å². The molecule has 1 heterocycles. The molecule has 0 spiro atoms. The number of carbonyl (C=O) groups is 3. The van der Waals surface area contributed by atoms with Gasteiger partial charge in [-0.25, -0.2) is 22.0 Å². The Hall–Kier alpha value is -2.80. The lowest BCUT2D eigenvalue weighted by atomic mass is 10.2. The van der Waals surface area contributed by atoms with E-state index in [0.29, 0.717) is 0 Å². The number of amides is 3. The summed E-state index contributed by atoms with van der Waals surface area (Å²) in [5.74, 6) is -4.21.